The number of hydrogen-bond donors (Lipinski definition) is 0. The van der Waals surface area contributed by atoms with Crippen LogP contribution in [0, 0.1) is 0 Å². The van der Waals surface area contributed by atoms with Crippen molar-refractivity contribution < 1.29 is 0 Å². The number of benzene rings is 10. The summed E-state index contributed by atoms with van der Waals surface area (Å²) in [4.78, 5) is 9.95. The number of rotatable bonds is 5. The molecule has 2 aliphatic rings. The lowest BCUT2D eigenvalue weighted by molar-refractivity contribution is 1.17. The number of fused-ring (bicyclic) bond motifs is 8. The van der Waals surface area contributed by atoms with Gasteiger partial charge in [0, 0.05) is 31.0 Å². The van der Waals surface area contributed by atoms with E-state index in [0.29, 0.717) is 0 Å². The molecule has 0 saturated heterocycles. The van der Waals surface area contributed by atoms with Gasteiger partial charge in [0.2, 0.25) is 0 Å². The average molecular weight is 801 g/mol. The van der Waals surface area contributed by atoms with Crippen LogP contribution in [-0.2, 0) is 0 Å². The van der Waals surface area contributed by atoms with Crippen LogP contribution in [0.3, 0.4) is 0 Å². The molecule has 4 heteroatoms. The molecule has 12 rings (SSSR count). The van der Waals surface area contributed by atoms with Gasteiger partial charge in [-0.1, -0.05) is 181 Å². The molecule has 0 radical (unpaired) electrons. The van der Waals surface area contributed by atoms with Crippen molar-refractivity contribution >= 4 is 79.2 Å². The summed E-state index contributed by atoms with van der Waals surface area (Å²) in [5.74, 6) is 0. The van der Waals surface area contributed by atoms with Crippen molar-refractivity contribution in [3.8, 4) is 33.4 Å². The van der Waals surface area contributed by atoms with Crippen LogP contribution in [0.25, 0.3) is 54.9 Å². The highest BCUT2D eigenvalue weighted by molar-refractivity contribution is 8.00. The minimum atomic E-state index is 1.14. The SMILES string of the molecule is c1ccc(-c2ccc(N3c4ccc(-c5ccc6c(c5)N(c5cccc(-c7ccccc7)c5)c5ccc7ccccc7c5S6)cc4Sc4c3ccc3ccccc43)cc2)cc1. The van der Waals surface area contributed by atoms with Crippen LogP contribution in [0.1, 0.15) is 0 Å². The Morgan fingerprint density at radius 3 is 1.43 bits per heavy atom. The monoisotopic (exact) mass is 800 g/mol. The first-order chi connectivity index (χ1) is 29.7. The summed E-state index contributed by atoms with van der Waals surface area (Å²) in [6.45, 7) is 0. The quantitative estimate of drug-likeness (QED) is 0.171. The Labute approximate surface area is 358 Å². The molecule has 60 heavy (non-hydrogen) atoms. The smallest absolute Gasteiger partial charge is 0.0608 e. The molecule has 2 nitrogen and oxygen atoms in total. The summed E-state index contributed by atoms with van der Waals surface area (Å²) in [7, 11) is 0. The Morgan fingerprint density at radius 2 is 0.750 bits per heavy atom. The molecule has 0 aliphatic carbocycles. The maximum absolute atomic E-state index is 2.47. The van der Waals surface area contributed by atoms with Crippen LogP contribution in [-0.4, -0.2) is 0 Å². The summed E-state index contributed by atoms with van der Waals surface area (Å²) >= 11 is 3.76. The summed E-state index contributed by atoms with van der Waals surface area (Å²) in [5, 5.41) is 5.05. The van der Waals surface area contributed by atoms with Gasteiger partial charge in [-0.2, -0.15) is 0 Å². The zero-order valence-electron chi connectivity index (χ0n) is 32.5. The van der Waals surface area contributed by atoms with Gasteiger partial charge in [0.25, 0.3) is 0 Å². The normalized spacial score (nSPS) is 12.8. The van der Waals surface area contributed by atoms with Gasteiger partial charge in [-0.25, -0.2) is 0 Å². The van der Waals surface area contributed by atoms with Gasteiger partial charge in [0.05, 0.1) is 22.7 Å². The molecule has 0 aromatic heterocycles. The molecular formula is C56H36N2S2. The first-order valence-corrected chi connectivity index (χ1v) is 22.0. The lowest BCUT2D eigenvalue weighted by Gasteiger charge is -2.35. The Hall–Kier alpha value is -6.98. The zero-order valence-corrected chi connectivity index (χ0v) is 34.1. The molecule has 10 aromatic rings. The van der Waals surface area contributed by atoms with Gasteiger partial charge in [-0.3, -0.25) is 0 Å². The highest BCUT2D eigenvalue weighted by Crippen LogP contribution is 2.57. The van der Waals surface area contributed by atoms with Crippen molar-refractivity contribution in [1.29, 1.82) is 0 Å². The second-order valence-electron chi connectivity index (χ2n) is 15.3. The van der Waals surface area contributed by atoms with Crippen molar-refractivity contribution in [2.24, 2.45) is 0 Å². The fourth-order valence-corrected chi connectivity index (χ4v) is 11.3. The molecular weight excluding hydrogens is 765 g/mol. The summed E-state index contributed by atoms with van der Waals surface area (Å²) in [5.41, 5.74) is 14.3. The van der Waals surface area contributed by atoms with Crippen molar-refractivity contribution in [1.82, 2.24) is 0 Å². The third kappa shape index (κ3) is 5.91. The zero-order chi connectivity index (χ0) is 39.6. The largest absolute Gasteiger partial charge is 0.308 e. The number of anilines is 6. The van der Waals surface area contributed by atoms with E-state index in [1.54, 1.807) is 0 Å². The maximum atomic E-state index is 2.47. The van der Waals surface area contributed by atoms with E-state index in [2.05, 4.69) is 228 Å². The van der Waals surface area contributed by atoms with Crippen LogP contribution in [0.4, 0.5) is 34.1 Å². The standard InChI is InChI=1S/C56H36N2S2/c1-3-12-37(13-4-1)39-22-28-45(29-23-39)57-49-30-26-44(36-54(49)60-56-48-21-10-8-17-41(48)24-31-50(56)57)43-27-33-53-52(35-43)58(46-19-11-18-42(34-46)38-14-5-2-6-15-38)51-32-25-40-16-7-9-20-47(40)55(51)59-53/h1-36H. The molecule has 0 spiro atoms. The highest BCUT2D eigenvalue weighted by Gasteiger charge is 2.29. The van der Waals surface area contributed by atoms with Crippen LogP contribution < -0.4 is 9.80 Å². The van der Waals surface area contributed by atoms with Crippen molar-refractivity contribution in [2.45, 2.75) is 19.6 Å². The topological polar surface area (TPSA) is 6.48 Å². The Bertz CT molecular complexity index is 3270. The Kier molecular flexibility index (Phi) is 8.39. The Morgan fingerprint density at radius 1 is 0.267 bits per heavy atom. The molecule has 0 unspecified atom stereocenters. The summed E-state index contributed by atoms with van der Waals surface area (Å²) in [6.07, 6.45) is 0. The van der Waals surface area contributed by atoms with E-state index in [1.807, 2.05) is 23.5 Å². The van der Waals surface area contributed by atoms with E-state index < -0.39 is 0 Å². The lowest BCUT2D eigenvalue weighted by atomic mass is 10.0. The minimum absolute atomic E-state index is 1.14. The van der Waals surface area contributed by atoms with Crippen LogP contribution in [0.15, 0.2) is 238 Å². The van der Waals surface area contributed by atoms with E-state index >= 15 is 0 Å². The van der Waals surface area contributed by atoms with Gasteiger partial charge in [0.15, 0.2) is 0 Å². The molecule has 0 bridgehead atoms. The molecule has 2 heterocycles. The molecule has 0 N–H and O–H groups in total. The van der Waals surface area contributed by atoms with Gasteiger partial charge in [-0.05, 0) is 116 Å². The second-order valence-corrected chi connectivity index (χ2v) is 17.4. The van der Waals surface area contributed by atoms with Crippen LogP contribution >= 0.6 is 23.5 Å². The summed E-state index contributed by atoms with van der Waals surface area (Å²) < 4.78 is 0. The second kappa shape index (κ2) is 14.4. The first kappa shape index (κ1) is 35.0. The third-order valence-corrected chi connectivity index (χ3v) is 14.2. The van der Waals surface area contributed by atoms with Gasteiger partial charge < -0.3 is 9.80 Å². The molecule has 0 atom stereocenters. The molecule has 2 aliphatic heterocycles. The van der Waals surface area contributed by atoms with E-state index in [1.165, 1.54) is 97.3 Å². The minimum Gasteiger partial charge on any atom is -0.308 e. The van der Waals surface area contributed by atoms with E-state index in [9.17, 15) is 0 Å². The highest BCUT2D eigenvalue weighted by atomic mass is 32.2. The first-order valence-electron chi connectivity index (χ1n) is 20.3. The van der Waals surface area contributed by atoms with Gasteiger partial charge in [-0.15, -0.1) is 0 Å². The fourth-order valence-electron chi connectivity index (χ4n) is 8.87. The van der Waals surface area contributed by atoms with E-state index in [0.717, 1.165) is 11.4 Å². The predicted octanol–water partition coefficient (Wildman–Crippen LogP) is 16.9. The van der Waals surface area contributed by atoms with Crippen LogP contribution in [0.2, 0.25) is 0 Å². The number of nitrogens with zero attached hydrogens (tertiary/aromatic N) is 2. The van der Waals surface area contributed by atoms with E-state index in [-0.39, 0.29) is 0 Å². The third-order valence-electron chi connectivity index (χ3n) is 11.8. The molecule has 0 saturated carbocycles. The molecule has 0 fully saturated rings. The predicted molar refractivity (Wildman–Crippen MR) is 255 cm³/mol. The maximum Gasteiger partial charge on any atom is 0.0608 e. The average Bonchev–Trinajstić information content (AvgIpc) is 3.32. The lowest BCUT2D eigenvalue weighted by Crippen LogP contribution is -2.15. The van der Waals surface area contributed by atoms with Gasteiger partial charge >= 0.3 is 0 Å². The van der Waals surface area contributed by atoms with Gasteiger partial charge in [0.1, 0.15) is 0 Å². The summed E-state index contributed by atoms with van der Waals surface area (Å²) in [6, 6.07) is 80.0. The van der Waals surface area contributed by atoms with Crippen molar-refractivity contribution in [3.63, 3.8) is 0 Å². The Balaban J connectivity index is 0.991. The van der Waals surface area contributed by atoms with Crippen LogP contribution in [0.5, 0.6) is 0 Å². The fraction of sp³-hybridized carbons (Fsp3) is 0. The molecule has 282 valence electrons. The number of hydrogen-bond acceptors (Lipinski definition) is 4. The molecule has 0 amide bonds. The van der Waals surface area contributed by atoms with Crippen molar-refractivity contribution in [3.05, 3.63) is 218 Å². The van der Waals surface area contributed by atoms with E-state index in [4.69, 9.17) is 0 Å². The van der Waals surface area contributed by atoms with Crippen molar-refractivity contribution in [2.75, 3.05) is 9.80 Å². The molecule has 10 aromatic carbocycles.